The van der Waals surface area contributed by atoms with Gasteiger partial charge in [-0.1, -0.05) is 0 Å². The van der Waals surface area contributed by atoms with Gasteiger partial charge >= 0.3 is 0 Å². The Hall–Kier alpha value is -0.700. The third-order valence-corrected chi connectivity index (χ3v) is 5.09. The summed E-state index contributed by atoms with van der Waals surface area (Å²) in [4.78, 5) is 11.3. The Labute approximate surface area is 102 Å². The molecule has 0 radical (unpaired) electrons. The average Bonchev–Trinajstić information content (AvgIpc) is 2.27. The molecular formula is C9H20N4O3S. The summed E-state index contributed by atoms with van der Waals surface area (Å²) in [6.45, 7) is 4.60. The molecule has 1 heterocycles. The van der Waals surface area contributed by atoms with Crippen LogP contribution >= 0.6 is 0 Å². The minimum atomic E-state index is -3.63. The van der Waals surface area contributed by atoms with E-state index in [4.69, 9.17) is 5.73 Å². The van der Waals surface area contributed by atoms with Crippen LogP contribution in [0.3, 0.4) is 0 Å². The maximum Gasteiger partial charge on any atom is 0.282 e. The zero-order valence-electron chi connectivity index (χ0n) is 10.4. The minimum Gasteiger partial charge on any atom is -0.368 e. The van der Waals surface area contributed by atoms with Crippen molar-refractivity contribution in [2.24, 2.45) is 5.73 Å². The lowest BCUT2D eigenvalue weighted by molar-refractivity contribution is -0.122. The van der Waals surface area contributed by atoms with Crippen molar-refractivity contribution in [1.29, 1.82) is 0 Å². The summed E-state index contributed by atoms with van der Waals surface area (Å²) >= 11 is 0. The van der Waals surface area contributed by atoms with Gasteiger partial charge in [-0.25, -0.2) is 0 Å². The summed E-state index contributed by atoms with van der Waals surface area (Å²) in [5.74, 6) is -0.627. The maximum absolute atomic E-state index is 12.3. The predicted octanol–water partition coefficient (Wildman–Crippen LogP) is -1.67. The zero-order valence-corrected chi connectivity index (χ0v) is 11.2. The fourth-order valence-corrected chi connectivity index (χ4v) is 3.32. The summed E-state index contributed by atoms with van der Waals surface area (Å²) in [6.07, 6.45) is 0. The first-order valence-corrected chi connectivity index (χ1v) is 6.93. The monoisotopic (exact) mass is 264 g/mol. The highest BCUT2D eigenvalue weighted by Gasteiger charge is 2.38. The van der Waals surface area contributed by atoms with Crippen molar-refractivity contribution < 1.29 is 13.2 Å². The Kier molecular flexibility index (Phi) is 4.48. The second-order valence-electron chi connectivity index (χ2n) is 4.35. The van der Waals surface area contributed by atoms with Crippen LogP contribution in [-0.2, 0) is 15.0 Å². The number of carbonyl (C=O) groups is 1. The Bertz CT molecular complexity index is 382. The topological polar surface area (TPSA) is 95.7 Å². The van der Waals surface area contributed by atoms with Crippen molar-refractivity contribution in [2.45, 2.75) is 25.9 Å². The van der Waals surface area contributed by atoms with Gasteiger partial charge in [0.2, 0.25) is 5.91 Å². The highest BCUT2D eigenvalue weighted by atomic mass is 32.2. The number of hydrogen-bond acceptors (Lipinski definition) is 4. The lowest BCUT2D eigenvalue weighted by Crippen LogP contribution is -2.61. The number of nitrogens with one attached hydrogen (secondary N) is 1. The van der Waals surface area contributed by atoms with E-state index in [9.17, 15) is 13.2 Å². The summed E-state index contributed by atoms with van der Waals surface area (Å²) in [5.41, 5.74) is 5.23. The summed E-state index contributed by atoms with van der Waals surface area (Å²) in [6, 6.07) is -0.974. The number of carbonyl (C=O) groups excluding carboxylic acids is 1. The Morgan fingerprint density at radius 1 is 1.53 bits per heavy atom. The Balaban J connectivity index is 2.99. The second kappa shape index (κ2) is 5.30. The molecule has 1 rings (SSSR count). The number of nitrogens with two attached hydrogens (primary N) is 1. The summed E-state index contributed by atoms with van der Waals surface area (Å²) in [7, 11) is -2.13. The van der Waals surface area contributed by atoms with Crippen molar-refractivity contribution in [3.05, 3.63) is 0 Å². The second-order valence-corrected chi connectivity index (χ2v) is 6.29. The predicted molar refractivity (Wildman–Crippen MR) is 64.4 cm³/mol. The van der Waals surface area contributed by atoms with Crippen molar-refractivity contribution >= 4 is 16.1 Å². The standard InChI is InChI=1S/C9H20N4O3S/c1-7(2)12(3)17(15,16)13-5-4-11-6-8(13)9(10)14/h7-8,11H,4-6H2,1-3H3,(H2,10,14). The molecule has 1 aliphatic heterocycles. The van der Waals surface area contributed by atoms with E-state index in [-0.39, 0.29) is 19.1 Å². The van der Waals surface area contributed by atoms with Gasteiger partial charge < -0.3 is 11.1 Å². The Morgan fingerprint density at radius 3 is 2.59 bits per heavy atom. The minimum absolute atomic E-state index is 0.164. The summed E-state index contributed by atoms with van der Waals surface area (Å²) in [5, 5.41) is 2.96. The fraction of sp³-hybridized carbons (Fsp3) is 0.889. The van der Waals surface area contributed by atoms with Crippen LogP contribution in [-0.4, -0.2) is 61.7 Å². The van der Waals surface area contributed by atoms with Gasteiger partial charge in [-0.3, -0.25) is 4.79 Å². The van der Waals surface area contributed by atoms with E-state index < -0.39 is 22.2 Å². The molecule has 0 aliphatic carbocycles. The van der Waals surface area contributed by atoms with Crippen LogP contribution in [0.1, 0.15) is 13.8 Å². The molecule has 1 aliphatic rings. The van der Waals surface area contributed by atoms with Crippen molar-refractivity contribution in [2.75, 3.05) is 26.7 Å². The molecule has 8 heteroatoms. The van der Waals surface area contributed by atoms with Gasteiger partial charge in [-0.05, 0) is 13.8 Å². The molecule has 100 valence electrons. The fourth-order valence-electron chi connectivity index (χ4n) is 1.64. The zero-order chi connectivity index (χ0) is 13.2. The number of hydrogen-bond donors (Lipinski definition) is 2. The third kappa shape index (κ3) is 2.95. The number of primary amides is 1. The van der Waals surface area contributed by atoms with Crippen LogP contribution in [0.25, 0.3) is 0 Å². The average molecular weight is 264 g/mol. The molecule has 1 fully saturated rings. The van der Waals surface area contributed by atoms with E-state index >= 15 is 0 Å². The molecule has 1 saturated heterocycles. The molecule has 1 amide bonds. The normalized spacial score (nSPS) is 23.2. The van der Waals surface area contributed by atoms with Crippen molar-refractivity contribution in [3.8, 4) is 0 Å². The third-order valence-electron chi connectivity index (χ3n) is 2.91. The number of nitrogens with zero attached hydrogens (tertiary/aromatic N) is 2. The number of rotatable bonds is 4. The van der Waals surface area contributed by atoms with Gasteiger partial charge in [-0.15, -0.1) is 0 Å². The first kappa shape index (κ1) is 14.4. The maximum atomic E-state index is 12.3. The van der Waals surface area contributed by atoms with E-state index in [1.165, 1.54) is 15.7 Å². The van der Waals surface area contributed by atoms with E-state index in [0.29, 0.717) is 6.54 Å². The van der Waals surface area contributed by atoms with Crippen molar-refractivity contribution in [3.63, 3.8) is 0 Å². The van der Waals surface area contributed by atoms with Gasteiger partial charge in [0, 0.05) is 32.7 Å². The first-order chi connectivity index (χ1) is 7.78. The largest absolute Gasteiger partial charge is 0.368 e. The summed E-state index contributed by atoms with van der Waals surface area (Å²) < 4.78 is 26.9. The molecule has 1 atom stereocenters. The highest BCUT2D eigenvalue weighted by Crippen LogP contribution is 2.15. The Morgan fingerprint density at radius 2 is 2.12 bits per heavy atom. The molecule has 0 spiro atoms. The van der Waals surface area contributed by atoms with E-state index in [1.807, 2.05) is 0 Å². The van der Waals surface area contributed by atoms with Gasteiger partial charge in [0.15, 0.2) is 0 Å². The SMILES string of the molecule is CC(C)N(C)S(=O)(=O)N1CCNCC1C(N)=O. The first-order valence-electron chi connectivity index (χ1n) is 5.53. The van der Waals surface area contributed by atoms with E-state index in [2.05, 4.69) is 5.32 Å². The molecule has 0 aromatic rings. The molecule has 0 bridgehead atoms. The van der Waals surface area contributed by atoms with Crippen LogP contribution < -0.4 is 11.1 Å². The van der Waals surface area contributed by atoms with Gasteiger partial charge in [0.1, 0.15) is 6.04 Å². The van der Waals surface area contributed by atoms with E-state index in [1.54, 1.807) is 13.8 Å². The van der Waals surface area contributed by atoms with Crippen LogP contribution in [0.15, 0.2) is 0 Å². The molecule has 3 N–H and O–H groups in total. The number of amides is 1. The van der Waals surface area contributed by atoms with Gasteiger partial charge in [0.25, 0.3) is 10.2 Å². The number of piperazine rings is 1. The molecule has 1 unspecified atom stereocenters. The molecule has 7 nitrogen and oxygen atoms in total. The molecule has 17 heavy (non-hydrogen) atoms. The lowest BCUT2D eigenvalue weighted by atomic mass is 10.2. The quantitative estimate of drug-likeness (QED) is 0.634. The molecular weight excluding hydrogens is 244 g/mol. The van der Waals surface area contributed by atoms with Crippen LogP contribution in [0.4, 0.5) is 0 Å². The molecule has 0 aromatic heterocycles. The van der Waals surface area contributed by atoms with E-state index in [0.717, 1.165) is 0 Å². The lowest BCUT2D eigenvalue weighted by Gasteiger charge is -2.36. The van der Waals surface area contributed by atoms with Crippen LogP contribution in [0.2, 0.25) is 0 Å². The highest BCUT2D eigenvalue weighted by molar-refractivity contribution is 7.86. The smallest absolute Gasteiger partial charge is 0.282 e. The van der Waals surface area contributed by atoms with Gasteiger partial charge in [0.05, 0.1) is 0 Å². The molecule has 0 aromatic carbocycles. The van der Waals surface area contributed by atoms with Crippen LogP contribution in [0, 0.1) is 0 Å². The van der Waals surface area contributed by atoms with Crippen molar-refractivity contribution in [1.82, 2.24) is 13.9 Å². The van der Waals surface area contributed by atoms with Crippen LogP contribution in [0.5, 0.6) is 0 Å². The van der Waals surface area contributed by atoms with Gasteiger partial charge in [-0.2, -0.15) is 17.0 Å². The molecule has 0 saturated carbocycles.